The molecule has 0 radical (unpaired) electrons. The van der Waals surface area contributed by atoms with Crippen molar-refractivity contribution < 1.29 is 23.5 Å². The zero-order valence-corrected chi connectivity index (χ0v) is 24.1. The van der Waals surface area contributed by atoms with Crippen LogP contribution in [0.5, 0.6) is 5.75 Å². The Hall–Kier alpha value is -2.86. The van der Waals surface area contributed by atoms with Gasteiger partial charge in [-0.25, -0.2) is 4.79 Å². The molecule has 0 aliphatic rings. The van der Waals surface area contributed by atoms with Gasteiger partial charge in [0, 0.05) is 5.69 Å². The average Bonchev–Trinajstić information content (AvgIpc) is 2.94. The quantitative estimate of drug-likeness (QED) is 0.117. The van der Waals surface area contributed by atoms with Crippen LogP contribution in [0.4, 0.5) is 5.69 Å². The van der Waals surface area contributed by atoms with Gasteiger partial charge in [0.15, 0.2) is 0 Å². The van der Waals surface area contributed by atoms with Crippen LogP contribution in [0, 0.1) is 0 Å². The van der Waals surface area contributed by atoms with E-state index in [1.807, 2.05) is 18.2 Å². The molecule has 0 fully saturated rings. The molecule has 0 aliphatic heterocycles. The number of anilines is 1. The van der Waals surface area contributed by atoms with Crippen molar-refractivity contribution >= 4 is 17.6 Å². The number of rotatable bonds is 19. The number of esters is 1. The fraction of sp³-hybridized carbons (Fsp3) is 0.562. The Balaban J connectivity index is 1.87. The second kappa shape index (κ2) is 17.6. The molecule has 2 aromatic rings. The van der Waals surface area contributed by atoms with Crippen molar-refractivity contribution in [2.75, 3.05) is 44.7 Å². The Bertz CT molecular complexity index is 954. The number of hydrogen-bond donors (Lipinski definition) is 1. The lowest BCUT2D eigenvalue weighted by molar-refractivity contribution is -0.925. The Morgan fingerprint density at radius 1 is 0.737 bits per heavy atom. The van der Waals surface area contributed by atoms with Gasteiger partial charge in [-0.15, -0.1) is 0 Å². The molecule has 0 spiro atoms. The van der Waals surface area contributed by atoms with E-state index in [2.05, 4.69) is 33.0 Å². The van der Waals surface area contributed by atoms with Crippen LogP contribution in [0.3, 0.4) is 0 Å². The number of unbranched alkanes of at least 4 members (excludes halogenated alkanes) is 6. The minimum atomic E-state index is -0.334. The lowest BCUT2D eigenvalue weighted by Crippen LogP contribution is -2.50. The summed E-state index contributed by atoms with van der Waals surface area (Å²) in [7, 11) is 0. The molecule has 1 amide bonds. The minimum Gasteiger partial charge on any atom is -0.493 e. The van der Waals surface area contributed by atoms with Gasteiger partial charge >= 0.3 is 5.97 Å². The highest BCUT2D eigenvalue weighted by molar-refractivity contribution is 6.06. The van der Waals surface area contributed by atoms with E-state index in [1.54, 1.807) is 30.3 Å². The van der Waals surface area contributed by atoms with Crippen LogP contribution in [-0.4, -0.2) is 55.8 Å². The summed E-state index contributed by atoms with van der Waals surface area (Å²) in [6.07, 6.45) is 9.42. The number of amides is 1. The third-order valence-corrected chi connectivity index (χ3v) is 7.39. The second-order valence-electron chi connectivity index (χ2n) is 10.1. The molecule has 0 aliphatic carbocycles. The summed E-state index contributed by atoms with van der Waals surface area (Å²) in [5, 5.41) is 2.91. The van der Waals surface area contributed by atoms with Crippen molar-refractivity contribution in [2.45, 2.75) is 79.1 Å². The molecule has 0 bridgehead atoms. The molecular weight excluding hydrogens is 476 g/mol. The van der Waals surface area contributed by atoms with Gasteiger partial charge in [0.2, 0.25) is 0 Å². The molecule has 0 heterocycles. The van der Waals surface area contributed by atoms with Gasteiger partial charge in [0.25, 0.3) is 5.91 Å². The third-order valence-electron chi connectivity index (χ3n) is 7.39. The molecule has 0 aromatic heterocycles. The highest BCUT2D eigenvalue weighted by Gasteiger charge is 2.23. The molecule has 6 nitrogen and oxygen atoms in total. The first-order valence-corrected chi connectivity index (χ1v) is 14.6. The SMILES string of the molecule is CCCCCCCOc1ccccc1C(=O)Nc1ccc(C(=O)OCC[N+](CC)(CC)CCCCC)cc1. The number of quaternary nitrogens is 1. The summed E-state index contributed by atoms with van der Waals surface area (Å²) < 4.78 is 12.5. The smallest absolute Gasteiger partial charge is 0.338 e. The van der Waals surface area contributed by atoms with Gasteiger partial charge < -0.3 is 19.3 Å². The zero-order valence-electron chi connectivity index (χ0n) is 24.1. The lowest BCUT2D eigenvalue weighted by atomic mass is 10.1. The number of likely N-dealkylation sites (N-methyl/N-ethyl adjacent to an activating group) is 1. The van der Waals surface area contributed by atoms with Crippen LogP contribution in [0.15, 0.2) is 48.5 Å². The first-order chi connectivity index (χ1) is 18.5. The zero-order chi connectivity index (χ0) is 27.6. The molecule has 0 atom stereocenters. The molecule has 38 heavy (non-hydrogen) atoms. The van der Waals surface area contributed by atoms with Crippen LogP contribution in [0.1, 0.15) is 99.8 Å². The normalized spacial score (nSPS) is 11.3. The molecular formula is C32H49N2O4+. The Kier molecular flexibility index (Phi) is 14.5. The molecule has 6 heteroatoms. The van der Waals surface area contributed by atoms with E-state index < -0.39 is 0 Å². The van der Waals surface area contributed by atoms with Crippen molar-refractivity contribution in [1.82, 2.24) is 0 Å². The number of nitrogens with zero attached hydrogens (tertiary/aromatic N) is 1. The number of carbonyl (C=O) groups is 2. The molecule has 0 saturated heterocycles. The summed E-state index contributed by atoms with van der Waals surface area (Å²) in [4.78, 5) is 25.5. The number of ether oxygens (including phenoxy) is 2. The van der Waals surface area contributed by atoms with E-state index >= 15 is 0 Å². The fourth-order valence-corrected chi connectivity index (χ4v) is 4.64. The van der Waals surface area contributed by atoms with Gasteiger partial charge in [-0.2, -0.15) is 0 Å². The Morgan fingerprint density at radius 2 is 1.39 bits per heavy atom. The van der Waals surface area contributed by atoms with E-state index in [4.69, 9.17) is 9.47 Å². The van der Waals surface area contributed by atoms with Gasteiger partial charge in [0.05, 0.1) is 37.4 Å². The molecule has 2 rings (SSSR count). The maximum Gasteiger partial charge on any atom is 0.338 e. The van der Waals surface area contributed by atoms with E-state index in [0.717, 1.165) is 43.5 Å². The number of benzene rings is 2. The topological polar surface area (TPSA) is 64.6 Å². The van der Waals surface area contributed by atoms with Crippen LogP contribution in [0.25, 0.3) is 0 Å². The molecule has 0 unspecified atom stereocenters. The maximum atomic E-state index is 12.9. The molecule has 1 N–H and O–H groups in total. The van der Waals surface area contributed by atoms with Gasteiger partial charge in [0.1, 0.15) is 18.9 Å². The van der Waals surface area contributed by atoms with Crippen molar-refractivity contribution in [3.05, 3.63) is 59.7 Å². The standard InChI is InChI=1S/C32H48N2O4/c1-5-9-11-12-16-25-37-30-18-14-13-17-29(30)31(35)33-28-21-19-27(20-22-28)32(36)38-26-24-34(7-3,8-4)23-15-10-6-2/h13-14,17-22H,5-12,15-16,23-26H2,1-4H3/p+1. The highest BCUT2D eigenvalue weighted by Crippen LogP contribution is 2.21. The minimum absolute atomic E-state index is 0.238. The predicted octanol–water partition coefficient (Wildman–Crippen LogP) is 7.49. The maximum absolute atomic E-state index is 12.9. The second-order valence-corrected chi connectivity index (χ2v) is 10.1. The summed E-state index contributed by atoms with van der Waals surface area (Å²) >= 11 is 0. The van der Waals surface area contributed by atoms with E-state index in [9.17, 15) is 9.59 Å². The van der Waals surface area contributed by atoms with Crippen molar-refractivity contribution in [3.63, 3.8) is 0 Å². The first-order valence-electron chi connectivity index (χ1n) is 14.6. The van der Waals surface area contributed by atoms with Gasteiger partial charge in [-0.05, 0) is 69.5 Å². The molecule has 2 aromatic carbocycles. The first kappa shape index (κ1) is 31.4. The number of hydrogen-bond acceptors (Lipinski definition) is 4. The molecule has 210 valence electrons. The molecule has 0 saturated carbocycles. The monoisotopic (exact) mass is 525 g/mol. The largest absolute Gasteiger partial charge is 0.493 e. The summed E-state index contributed by atoms with van der Waals surface area (Å²) in [5.41, 5.74) is 1.59. The highest BCUT2D eigenvalue weighted by atomic mass is 16.5. The lowest BCUT2D eigenvalue weighted by Gasteiger charge is -2.36. The van der Waals surface area contributed by atoms with Crippen LogP contribution in [0.2, 0.25) is 0 Å². The van der Waals surface area contributed by atoms with Crippen molar-refractivity contribution in [1.29, 1.82) is 0 Å². The van der Waals surface area contributed by atoms with Crippen molar-refractivity contribution in [3.8, 4) is 5.75 Å². The van der Waals surface area contributed by atoms with Gasteiger partial charge in [-0.3, -0.25) is 4.79 Å². The number of carbonyl (C=O) groups excluding carboxylic acids is 2. The van der Waals surface area contributed by atoms with Gasteiger partial charge in [-0.1, -0.05) is 58.1 Å². The third kappa shape index (κ3) is 10.5. The van der Waals surface area contributed by atoms with E-state index in [0.29, 0.717) is 35.8 Å². The Labute approximate surface area is 230 Å². The summed E-state index contributed by atoms with van der Waals surface area (Å²) in [5.74, 6) is 0.0154. The summed E-state index contributed by atoms with van der Waals surface area (Å²) in [6.45, 7) is 13.9. The fourth-order valence-electron chi connectivity index (χ4n) is 4.64. The van der Waals surface area contributed by atoms with Crippen molar-refractivity contribution in [2.24, 2.45) is 0 Å². The van der Waals surface area contributed by atoms with Crippen LogP contribution < -0.4 is 10.1 Å². The number of nitrogens with one attached hydrogen (secondary N) is 1. The Morgan fingerprint density at radius 3 is 2.08 bits per heavy atom. The van der Waals surface area contributed by atoms with Crippen LogP contribution >= 0.6 is 0 Å². The summed E-state index contributed by atoms with van der Waals surface area (Å²) in [6, 6.07) is 14.1. The van der Waals surface area contributed by atoms with E-state index in [-0.39, 0.29) is 11.9 Å². The van der Waals surface area contributed by atoms with E-state index in [1.165, 1.54) is 38.5 Å². The number of para-hydroxylation sites is 1. The van der Waals surface area contributed by atoms with Crippen LogP contribution in [-0.2, 0) is 4.74 Å². The predicted molar refractivity (Wildman–Crippen MR) is 156 cm³/mol. The average molecular weight is 526 g/mol.